The summed E-state index contributed by atoms with van der Waals surface area (Å²) in [5, 5.41) is 1.03. The van der Waals surface area contributed by atoms with Crippen LogP contribution in [0.3, 0.4) is 0 Å². The SMILES string of the molecule is COc1ncc2ccccc2n1.Cl.Cl. The Balaban J connectivity index is 0.000000845. The van der Waals surface area contributed by atoms with E-state index >= 15 is 0 Å². The molecule has 1 aromatic carbocycles. The maximum absolute atomic E-state index is 4.90. The Labute approximate surface area is 94.3 Å². The molecule has 14 heavy (non-hydrogen) atoms. The van der Waals surface area contributed by atoms with Gasteiger partial charge in [0, 0.05) is 11.6 Å². The van der Waals surface area contributed by atoms with E-state index in [1.54, 1.807) is 13.3 Å². The molecule has 0 saturated heterocycles. The van der Waals surface area contributed by atoms with Gasteiger partial charge in [0.05, 0.1) is 12.6 Å². The Morgan fingerprint density at radius 1 is 1.14 bits per heavy atom. The van der Waals surface area contributed by atoms with Crippen molar-refractivity contribution < 1.29 is 4.74 Å². The number of nitrogens with zero attached hydrogens (tertiary/aromatic N) is 2. The first-order valence-electron chi connectivity index (χ1n) is 3.66. The molecule has 3 nitrogen and oxygen atoms in total. The second-order valence-corrected chi connectivity index (χ2v) is 2.42. The normalized spacial score (nSPS) is 8.64. The summed E-state index contributed by atoms with van der Waals surface area (Å²) in [6, 6.07) is 8.20. The van der Waals surface area contributed by atoms with Gasteiger partial charge < -0.3 is 4.74 Å². The first-order valence-corrected chi connectivity index (χ1v) is 3.66. The lowest BCUT2D eigenvalue weighted by Gasteiger charge is -1.98. The highest BCUT2D eigenvalue weighted by Crippen LogP contribution is 2.11. The summed E-state index contributed by atoms with van der Waals surface area (Å²) in [7, 11) is 1.56. The van der Waals surface area contributed by atoms with E-state index in [4.69, 9.17) is 4.74 Å². The summed E-state index contributed by atoms with van der Waals surface area (Å²) >= 11 is 0. The summed E-state index contributed by atoms with van der Waals surface area (Å²) in [5.41, 5.74) is 0.907. The number of rotatable bonds is 1. The highest BCUT2D eigenvalue weighted by Gasteiger charge is 1.96. The van der Waals surface area contributed by atoms with Crippen LogP contribution >= 0.6 is 24.8 Å². The molecule has 5 heteroatoms. The quantitative estimate of drug-likeness (QED) is 0.758. The van der Waals surface area contributed by atoms with Crippen LogP contribution < -0.4 is 4.74 Å². The van der Waals surface area contributed by atoms with Crippen molar-refractivity contribution in [2.24, 2.45) is 0 Å². The minimum absolute atomic E-state index is 0. The maximum atomic E-state index is 4.90. The summed E-state index contributed by atoms with van der Waals surface area (Å²) in [6.45, 7) is 0. The molecule has 0 atom stereocenters. The largest absolute Gasteiger partial charge is 0.467 e. The van der Waals surface area contributed by atoms with Crippen molar-refractivity contribution in [3.05, 3.63) is 30.5 Å². The van der Waals surface area contributed by atoms with Crippen LogP contribution in [0, 0.1) is 0 Å². The molecule has 76 valence electrons. The van der Waals surface area contributed by atoms with E-state index in [1.165, 1.54) is 0 Å². The Morgan fingerprint density at radius 2 is 1.86 bits per heavy atom. The molecule has 1 aromatic heterocycles. The number of halogens is 2. The van der Waals surface area contributed by atoms with Gasteiger partial charge in [0.15, 0.2) is 0 Å². The highest BCUT2D eigenvalue weighted by molar-refractivity contribution is 5.85. The standard InChI is InChI=1S/C9H8N2O.2ClH/c1-12-9-10-6-7-4-2-3-5-8(7)11-9;;/h2-6H,1H3;2*1H. The summed E-state index contributed by atoms with van der Waals surface area (Å²) in [6.07, 6.45) is 1.75. The van der Waals surface area contributed by atoms with E-state index in [0.717, 1.165) is 10.9 Å². The number of fused-ring (bicyclic) bond motifs is 1. The van der Waals surface area contributed by atoms with Crippen LogP contribution in [0.1, 0.15) is 0 Å². The topological polar surface area (TPSA) is 35.0 Å². The van der Waals surface area contributed by atoms with Gasteiger partial charge in [-0.3, -0.25) is 0 Å². The average Bonchev–Trinajstić information content (AvgIpc) is 2.17. The van der Waals surface area contributed by atoms with E-state index in [1.807, 2.05) is 24.3 Å². The second kappa shape index (κ2) is 5.62. The van der Waals surface area contributed by atoms with Gasteiger partial charge in [-0.25, -0.2) is 4.98 Å². The van der Waals surface area contributed by atoms with Crippen molar-refractivity contribution in [1.29, 1.82) is 0 Å². The molecule has 0 amide bonds. The molecule has 0 N–H and O–H groups in total. The van der Waals surface area contributed by atoms with Gasteiger partial charge in [0.1, 0.15) is 0 Å². The first kappa shape index (κ1) is 12.9. The Hall–Kier alpha value is -1.06. The second-order valence-electron chi connectivity index (χ2n) is 2.42. The van der Waals surface area contributed by atoms with Gasteiger partial charge in [-0.2, -0.15) is 4.98 Å². The fourth-order valence-corrected chi connectivity index (χ4v) is 1.05. The molecule has 0 fully saturated rings. The van der Waals surface area contributed by atoms with Crippen LogP contribution in [0.15, 0.2) is 30.5 Å². The summed E-state index contributed by atoms with van der Waals surface area (Å²) in [4.78, 5) is 8.15. The average molecular weight is 233 g/mol. The molecule has 0 bridgehead atoms. The zero-order valence-corrected chi connectivity index (χ0v) is 9.14. The molecule has 0 radical (unpaired) electrons. The lowest BCUT2D eigenvalue weighted by molar-refractivity contribution is 0.382. The van der Waals surface area contributed by atoms with Crippen LogP contribution in [0.5, 0.6) is 6.01 Å². The summed E-state index contributed by atoms with van der Waals surface area (Å²) in [5.74, 6) is 0. The molecule has 2 rings (SSSR count). The number of hydrogen-bond acceptors (Lipinski definition) is 3. The fourth-order valence-electron chi connectivity index (χ4n) is 1.05. The van der Waals surface area contributed by atoms with Crippen molar-refractivity contribution in [3.8, 4) is 6.01 Å². The van der Waals surface area contributed by atoms with Crippen molar-refractivity contribution in [1.82, 2.24) is 9.97 Å². The molecule has 0 aliphatic rings. The summed E-state index contributed by atoms with van der Waals surface area (Å²) < 4.78 is 4.90. The van der Waals surface area contributed by atoms with Crippen molar-refractivity contribution in [2.45, 2.75) is 0 Å². The van der Waals surface area contributed by atoms with Crippen molar-refractivity contribution in [2.75, 3.05) is 7.11 Å². The Kier molecular flexibility index (Phi) is 5.20. The fraction of sp³-hybridized carbons (Fsp3) is 0.111. The number of ether oxygens (including phenoxy) is 1. The van der Waals surface area contributed by atoms with E-state index in [2.05, 4.69) is 9.97 Å². The van der Waals surface area contributed by atoms with Gasteiger partial charge in [0.25, 0.3) is 0 Å². The lowest BCUT2D eigenvalue weighted by Crippen LogP contribution is -1.90. The molecule has 1 heterocycles. The number of hydrogen-bond donors (Lipinski definition) is 0. The first-order chi connectivity index (χ1) is 5.90. The van der Waals surface area contributed by atoms with E-state index < -0.39 is 0 Å². The van der Waals surface area contributed by atoms with Gasteiger partial charge in [-0.15, -0.1) is 24.8 Å². The van der Waals surface area contributed by atoms with Crippen LogP contribution in [0.25, 0.3) is 10.9 Å². The van der Waals surface area contributed by atoms with Gasteiger partial charge in [-0.05, 0) is 6.07 Å². The van der Waals surface area contributed by atoms with Gasteiger partial charge in [-0.1, -0.05) is 18.2 Å². The van der Waals surface area contributed by atoms with E-state index in [-0.39, 0.29) is 24.8 Å². The molecule has 0 aliphatic heterocycles. The number of para-hydroxylation sites is 1. The zero-order chi connectivity index (χ0) is 8.39. The molecular weight excluding hydrogens is 223 g/mol. The maximum Gasteiger partial charge on any atom is 0.316 e. The Morgan fingerprint density at radius 3 is 2.57 bits per heavy atom. The van der Waals surface area contributed by atoms with Crippen LogP contribution in [-0.2, 0) is 0 Å². The molecule has 2 aromatic rings. The lowest BCUT2D eigenvalue weighted by atomic mass is 10.2. The van der Waals surface area contributed by atoms with Crippen LogP contribution in [0.4, 0.5) is 0 Å². The van der Waals surface area contributed by atoms with Crippen LogP contribution in [0.2, 0.25) is 0 Å². The molecule has 0 aliphatic carbocycles. The molecule has 0 saturated carbocycles. The molecule has 0 unspecified atom stereocenters. The monoisotopic (exact) mass is 232 g/mol. The highest BCUT2D eigenvalue weighted by atomic mass is 35.5. The third-order valence-electron chi connectivity index (χ3n) is 1.65. The molecule has 0 spiro atoms. The van der Waals surface area contributed by atoms with E-state index in [0.29, 0.717) is 6.01 Å². The van der Waals surface area contributed by atoms with Crippen molar-refractivity contribution >= 4 is 35.7 Å². The predicted octanol–water partition coefficient (Wildman–Crippen LogP) is 2.48. The number of benzene rings is 1. The number of methoxy groups -OCH3 is 1. The third kappa shape index (κ3) is 2.47. The number of aromatic nitrogens is 2. The predicted molar refractivity (Wildman–Crippen MR) is 60.6 cm³/mol. The minimum atomic E-state index is 0. The van der Waals surface area contributed by atoms with Gasteiger partial charge >= 0.3 is 6.01 Å². The zero-order valence-electron chi connectivity index (χ0n) is 7.51. The van der Waals surface area contributed by atoms with Gasteiger partial charge in [0.2, 0.25) is 0 Å². The molecular formula is C9H10Cl2N2O. The van der Waals surface area contributed by atoms with Crippen molar-refractivity contribution in [3.63, 3.8) is 0 Å². The Bertz CT molecular complexity index is 409. The van der Waals surface area contributed by atoms with Crippen LogP contribution in [-0.4, -0.2) is 17.1 Å². The minimum Gasteiger partial charge on any atom is -0.467 e. The van der Waals surface area contributed by atoms with E-state index in [9.17, 15) is 0 Å². The smallest absolute Gasteiger partial charge is 0.316 e. The third-order valence-corrected chi connectivity index (χ3v) is 1.65.